The molecule has 0 radical (unpaired) electrons. The lowest BCUT2D eigenvalue weighted by Crippen LogP contribution is -2.39. The Bertz CT molecular complexity index is 438. The third-order valence-corrected chi connectivity index (χ3v) is 3.11. The minimum absolute atomic E-state index is 0.0695. The van der Waals surface area contributed by atoms with Crippen molar-refractivity contribution in [1.29, 1.82) is 0 Å². The summed E-state index contributed by atoms with van der Waals surface area (Å²) in [6.07, 6.45) is 0.763. The van der Waals surface area contributed by atoms with E-state index in [9.17, 15) is 9.90 Å². The molecule has 1 amide bonds. The van der Waals surface area contributed by atoms with Crippen LogP contribution in [0.1, 0.15) is 18.4 Å². The third kappa shape index (κ3) is 3.44. The maximum atomic E-state index is 11.3. The van der Waals surface area contributed by atoms with Gasteiger partial charge in [-0.05, 0) is 18.9 Å². The molecule has 0 aromatic heterocycles. The molecule has 1 aliphatic heterocycles. The first-order chi connectivity index (χ1) is 9.24. The minimum Gasteiger partial charge on any atom is -0.491 e. The first kappa shape index (κ1) is 13.8. The summed E-state index contributed by atoms with van der Waals surface area (Å²) in [6, 6.07) is 7.28. The summed E-state index contributed by atoms with van der Waals surface area (Å²) in [4.78, 5) is 11.3. The lowest BCUT2D eigenvalue weighted by molar-refractivity contribution is -0.132. The highest BCUT2D eigenvalue weighted by Gasteiger charge is 2.30. The number of rotatable bonds is 5. The zero-order chi connectivity index (χ0) is 13.7. The summed E-state index contributed by atoms with van der Waals surface area (Å²) in [7, 11) is 0. The van der Waals surface area contributed by atoms with Gasteiger partial charge in [0.05, 0.1) is 12.7 Å². The van der Waals surface area contributed by atoms with Crippen molar-refractivity contribution in [2.45, 2.75) is 31.7 Å². The molecule has 0 bridgehead atoms. The lowest BCUT2D eigenvalue weighted by atomic mass is 10.2. The quantitative estimate of drug-likeness (QED) is 0.399. The predicted octanol–water partition coefficient (Wildman–Crippen LogP) is 0.0952. The summed E-state index contributed by atoms with van der Waals surface area (Å²) in [6.45, 7) is 0.283. The topological polar surface area (TPSA) is 93.8 Å². The molecule has 1 aromatic carbocycles. The smallest absolute Gasteiger partial charge is 0.263 e. The minimum atomic E-state index is -0.494. The zero-order valence-corrected chi connectivity index (χ0v) is 10.5. The van der Waals surface area contributed by atoms with Gasteiger partial charge in [-0.3, -0.25) is 10.2 Å². The molecule has 4 N–H and O–H groups in total. The van der Waals surface area contributed by atoms with E-state index in [1.165, 1.54) is 0 Å². The number of aliphatic hydroxyl groups excluding tert-OH is 1. The number of carbonyl (C=O) groups is 1. The molecular weight excluding hydrogens is 248 g/mol. The monoisotopic (exact) mass is 266 g/mol. The standard InChI is InChI=1S/C13H18N2O4/c14-15-13(17)12-6-5-10(19-12)8-18-11-4-2-1-3-9(11)7-16/h1-4,10,12,16H,5-8,14H2,(H,15,17). The Hall–Kier alpha value is -1.63. The molecule has 2 unspecified atom stereocenters. The van der Waals surface area contributed by atoms with Gasteiger partial charge >= 0.3 is 0 Å². The molecule has 2 atom stereocenters. The van der Waals surface area contributed by atoms with Gasteiger partial charge in [0, 0.05) is 5.56 Å². The van der Waals surface area contributed by atoms with Crippen LogP contribution in [0.15, 0.2) is 24.3 Å². The average molecular weight is 266 g/mol. The number of benzene rings is 1. The van der Waals surface area contributed by atoms with Crippen LogP contribution in [0.2, 0.25) is 0 Å². The maximum Gasteiger partial charge on any atom is 0.263 e. The number of aliphatic hydroxyl groups is 1. The Morgan fingerprint density at radius 1 is 1.47 bits per heavy atom. The van der Waals surface area contributed by atoms with Crippen LogP contribution in [-0.4, -0.2) is 29.8 Å². The molecule has 0 saturated carbocycles. The van der Waals surface area contributed by atoms with Crippen molar-refractivity contribution < 1.29 is 19.4 Å². The summed E-state index contributed by atoms with van der Waals surface area (Å²) in [5.41, 5.74) is 2.81. The largest absolute Gasteiger partial charge is 0.491 e. The molecule has 0 aliphatic carbocycles. The fourth-order valence-corrected chi connectivity index (χ4v) is 2.07. The van der Waals surface area contributed by atoms with Crippen LogP contribution in [-0.2, 0) is 16.1 Å². The summed E-state index contributed by atoms with van der Waals surface area (Å²) in [5, 5.41) is 9.18. The van der Waals surface area contributed by atoms with Crippen LogP contribution in [0.25, 0.3) is 0 Å². The average Bonchev–Trinajstić information content (AvgIpc) is 2.93. The van der Waals surface area contributed by atoms with E-state index in [0.29, 0.717) is 18.8 Å². The number of para-hydroxylation sites is 1. The second-order valence-electron chi connectivity index (χ2n) is 4.41. The van der Waals surface area contributed by atoms with Gasteiger partial charge in [-0.15, -0.1) is 0 Å². The SMILES string of the molecule is NNC(=O)C1CCC(COc2ccccc2CO)O1. The van der Waals surface area contributed by atoms with Crippen molar-refractivity contribution >= 4 is 5.91 Å². The normalized spacial score (nSPS) is 22.2. The highest BCUT2D eigenvalue weighted by Crippen LogP contribution is 2.23. The van der Waals surface area contributed by atoms with Gasteiger partial charge in [-0.2, -0.15) is 0 Å². The Morgan fingerprint density at radius 3 is 3.00 bits per heavy atom. The van der Waals surface area contributed by atoms with Crippen molar-refractivity contribution in [3.05, 3.63) is 29.8 Å². The lowest BCUT2D eigenvalue weighted by Gasteiger charge is -2.15. The number of carbonyl (C=O) groups excluding carboxylic acids is 1. The van der Waals surface area contributed by atoms with Gasteiger partial charge in [0.25, 0.3) is 5.91 Å². The van der Waals surface area contributed by atoms with E-state index in [1.54, 1.807) is 12.1 Å². The Kier molecular flexibility index (Phi) is 4.73. The Morgan fingerprint density at radius 2 is 2.26 bits per heavy atom. The van der Waals surface area contributed by atoms with Gasteiger partial charge in [-0.1, -0.05) is 18.2 Å². The van der Waals surface area contributed by atoms with E-state index in [0.717, 1.165) is 12.0 Å². The molecule has 104 valence electrons. The van der Waals surface area contributed by atoms with E-state index in [-0.39, 0.29) is 18.6 Å². The molecule has 0 spiro atoms. The van der Waals surface area contributed by atoms with E-state index in [4.69, 9.17) is 15.3 Å². The van der Waals surface area contributed by atoms with Crippen molar-refractivity contribution in [3.8, 4) is 5.75 Å². The molecule has 1 heterocycles. The molecule has 2 rings (SSSR count). The highest BCUT2D eigenvalue weighted by atomic mass is 16.5. The van der Waals surface area contributed by atoms with Crippen LogP contribution in [0.5, 0.6) is 5.75 Å². The molecule has 1 saturated heterocycles. The second-order valence-corrected chi connectivity index (χ2v) is 4.41. The van der Waals surface area contributed by atoms with E-state index in [2.05, 4.69) is 5.43 Å². The van der Waals surface area contributed by atoms with Crippen LogP contribution >= 0.6 is 0 Å². The number of nitrogens with two attached hydrogens (primary N) is 1. The van der Waals surface area contributed by atoms with Gasteiger partial charge < -0.3 is 14.6 Å². The van der Waals surface area contributed by atoms with Crippen molar-refractivity contribution in [2.24, 2.45) is 5.84 Å². The maximum absolute atomic E-state index is 11.3. The Balaban J connectivity index is 1.85. The number of amides is 1. The van der Waals surface area contributed by atoms with E-state index in [1.807, 2.05) is 12.1 Å². The summed E-state index contributed by atoms with van der Waals surface area (Å²) >= 11 is 0. The molecule has 19 heavy (non-hydrogen) atoms. The number of hydrogen-bond acceptors (Lipinski definition) is 5. The number of hydrogen-bond donors (Lipinski definition) is 3. The fourth-order valence-electron chi connectivity index (χ4n) is 2.07. The molecular formula is C13H18N2O4. The zero-order valence-electron chi connectivity index (χ0n) is 10.5. The van der Waals surface area contributed by atoms with Crippen LogP contribution in [0.3, 0.4) is 0 Å². The Labute approximate surface area is 111 Å². The molecule has 1 fully saturated rings. The van der Waals surface area contributed by atoms with E-state index >= 15 is 0 Å². The van der Waals surface area contributed by atoms with Crippen LogP contribution < -0.4 is 16.0 Å². The molecule has 6 heteroatoms. The highest BCUT2D eigenvalue weighted by molar-refractivity contribution is 5.80. The van der Waals surface area contributed by atoms with E-state index < -0.39 is 6.10 Å². The van der Waals surface area contributed by atoms with Crippen LogP contribution in [0.4, 0.5) is 0 Å². The predicted molar refractivity (Wildman–Crippen MR) is 68.1 cm³/mol. The van der Waals surface area contributed by atoms with Gasteiger partial charge in [0.15, 0.2) is 0 Å². The molecule has 1 aliphatic rings. The number of ether oxygens (including phenoxy) is 2. The van der Waals surface area contributed by atoms with Crippen molar-refractivity contribution in [2.75, 3.05) is 6.61 Å². The van der Waals surface area contributed by atoms with Gasteiger partial charge in [0.2, 0.25) is 0 Å². The van der Waals surface area contributed by atoms with Crippen LogP contribution in [0, 0.1) is 0 Å². The second kappa shape index (κ2) is 6.51. The fraction of sp³-hybridized carbons (Fsp3) is 0.462. The molecule has 6 nitrogen and oxygen atoms in total. The van der Waals surface area contributed by atoms with Crippen molar-refractivity contribution in [3.63, 3.8) is 0 Å². The summed E-state index contributed by atoms with van der Waals surface area (Å²) < 4.78 is 11.2. The van der Waals surface area contributed by atoms with Gasteiger partial charge in [-0.25, -0.2) is 5.84 Å². The summed E-state index contributed by atoms with van der Waals surface area (Å²) in [5.74, 6) is 5.39. The van der Waals surface area contributed by atoms with Crippen molar-refractivity contribution in [1.82, 2.24) is 5.43 Å². The van der Waals surface area contributed by atoms with Gasteiger partial charge in [0.1, 0.15) is 18.5 Å². The first-order valence-electron chi connectivity index (χ1n) is 6.22. The number of nitrogens with one attached hydrogen (secondary N) is 1. The number of hydrazine groups is 1. The molecule has 1 aromatic rings. The first-order valence-corrected chi connectivity index (χ1v) is 6.22. The third-order valence-electron chi connectivity index (χ3n) is 3.11.